The number of unbranched alkanes of at least 4 members (excludes halogenated alkanes) is 7. The first-order valence-corrected chi connectivity index (χ1v) is 8.14. The number of ether oxygens (including phenoxy) is 1. The van der Waals surface area contributed by atoms with Crippen LogP contribution in [-0.2, 0) is 6.42 Å². The fourth-order valence-electron chi connectivity index (χ4n) is 2.92. The second-order valence-corrected chi connectivity index (χ2v) is 5.82. The molecule has 106 valence electrons. The maximum absolute atomic E-state index is 5.97. The lowest BCUT2D eigenvalue weighted by molar-refractivity contribution is 0.216. The molecule has 0 N–H and O–H groups in total. The molecule has 1 aliphatic heterocycles. The monoisotopic (exact) mass is 260 g/mol. The molecule has 1 aromatic carbocycles. The molecule has 0 saturated heterocycles. The molecule has 0 fully saturated rings. The molecule has 1 nitrogen and oxygen atoms in total. The van der Waals surface area contributed by atoms with Crippen molar-refractivity contribution in [2.75, 3.05) is 0 Å². The molecule has 0 radical (unpaired) electrons. The van der Waals surface area contributed by atoms with Crippen molar-refractivity contribution in [3.63, 3.8) is 0 Å². The molecule has 1 atom stereocenters. The second-order valence-electron chi connectivity index (χ2n) is 5.82. The fraction of sp³-hybridized carbons (Fsp3) is 0.667. The highest BCUT2D eigenvalue weighted by atomic mass is 16.5. The third kappa shape index (κ3) is 4.89. The molecule has 0 spiro atoms. The lowest BCUT2D eigenvalue weighted by Gasteiger charge is -2.10. The SMILES string of the molecule is CCCCCCCCCCC1Cc2ccccc2O1. The minimum Gasteiger partial charge on any atom is -0.490 e. The standard InChI is InChI=1S/C18H28O/c1-2-3-4-5-6-7-8-9-13-17-15-16-12-10-11-14-18(16)19-17/h10-12,14,17H,2-9,13,15H2,1H3. The summed E-state index contributed by atoms with van der Waals surface area (Å²) in [5.74, 6) is 1.12. The summed E-state index contributed by atoms with van der Waals surface area (Å²) in [6.45, 7) is 2.28. The summed E-state index contributed by atoms with van der Waals surface area (Å²) in [5.41, 5.74) is 1.40. The first kappa shape index (κ1) is 14.4. The molecule has 2 rings (SSSR count). The minimum atomic E-state index is 0.442. The topological polar surface area (TPSA) is 9.23 Å². The van der Waals surface area contributed by atoms with E-state index in [4.69, 9.17) is 4.74 Å². The maximum atomic E-state index is 5.97. The van der Waals surface area contributed by atoms with Crippen molar-refractivity contribution < 1.29 is 4.74 Å². The summed E-state index contributed by atoms with van der Waals surface area (Å²) in [6, 6.07) is 8.48. The van der Waals surface area contributed by atoms with Gasteiger partial charge < -0.3 is 4.74 Å². The summed E-state index contributed by atoms with van der Waals surface area (Å²) in [7, 11) is 0. The van der Waals surface area contributed by atoms with Crippen LogP contribution in [-0.4, -0.2) is 6.10 Å². The van der Waals surface area contributed by atoms with Crippen LogP contribution in [0.15, 0.2) is 24.3 Å². The van der Waals surface area contributed by atoms with E-state index in [1.807, 2.05) is 0 Å². The fourth-order valence-corrected chi connectivity index (χ4v) is 2.92. The predicted molar refractivity (Wildman–Crippen MR) is 81.8 cm³/mol. The largest absolute Gasteiger partial charge is 0.490 e. The molecule has 0 aromatic heterocycles. The number of para-hydroxylation sites is 1. The summed E-state index contributed by atoms with van der Waals surface area (Å²) in [4.78, 5) is 0. The van der Waals surface area contributed by atoms with Crippen LogP contribution in [0.2, 0.25) is 0 Å². The zero-order chi connectivity index (χ0) is 13.3. The maximum Gasteiger partial charge on any atom is 0.123 e. The van der Waals surface area contributed by atoms with Crippen LogP contribution in [0.4, 0.5) is 0 Å². The Labute approximate surface area is 118 Å². The van der Waals surface area contributed by atoms with Crippen molar-refractivity contribution in [2.24, 2.45) is 0 Å². The highest BCUT2D eigenvalue weighted by Gasteiger charge is 2.21. The van der Waals surface area contributed by atoms with Crippen molar-refractivity contribution in [2.45, 2.75) is 77.2 Å². The van der Waals surface area contributed by atoms with Gasteiger partial charge in [-0.05, 0) is 24.5 Å². The summed E-state index contributed by atoms with van der Waals surface area (Å²) >= 11 is 0. The first-order chi connectivity index (χ1) is 9.40. The van der Waals surface area contributed by atoms with E-state index in [1.165, 1.54) is 63.4 Å². The highest BCUT2D eigenvalue weighted by molar-refractivity contribution is 5.37. The second kappa shape index (κ2) is 8.24. The van der Waals surface area contributed by atoms with Crippen LogP contribution < -0.4 is 4.74 Å². The molecule has 1 unspecified atom stereocenters. The van der Waals surface area contributed by atoms with Crippen LogP contribution in [0, 0.1) is 0 Å². The number of hydrogen-bond donors (Lipinski definition) is 0. The number of fused-ring (bicyclic) bond motifs is 1. The molecular weight excluding hydrogens is 232 g/mol. The van der Waals surface area contributed by atoms with Gasteiger partial charge in [-0.3, -0.25) is 0 Å². The molecule has 1 aromatic rings. The number of rotatable bonds is 9. The van der Waals surface area contributed by atoms with Crippen molar-refractivity contribution in [3.8, 4) is 5.75 Å². The predicted octanol–water partition coefficient (Wildman–Crippen LogP) is 5.52. The van der Waals surface area contributed by atoms with Crippen molar-refractivity contribution >= 4 is 0 Å². The van der Waals surface area contributed by atoms with Crippen LogP contribution in [0.1, 0.15) is 70.3 Å². The minimum absolute atomic E-state index is 0.442. The van der Waals surface area contributed by atoms with Crippen molar-refractivity contribution in [1.29, 1.82) is 0 Å². The average molecular weight is 260 g/mol. The van der Waals surface area contributed by atoms with Gasteiger partial charge >= 0.3 is 0 Å². The molecule has 1 heteroatoms. The number of hydrogen-bond acceptors (Lipinski definition) is 1. The van der Waals surface area contributed by atoms with Gasteiger partial charge in [0, 0.05) is 6.42 Å². The van der Waals surface area contributed by atoms with Gasteiger partial charge in [-0.2, -0.15) is 0 Å². The molecule has 19 heavy (non-hydrogen) atoms. The van der Waals surface area contributed by atoms with E-state index in [0.717, 1.165) is 12.2 Å². The number of benzene rings is 1. The highest BCUT2D eigenvalue weighted by Crippen LogP contribution is 2.30. The van der Waals surface area contributed by atoms with Crippen LogP contribution in [0.3, 0.4) is 0 Å². The van der Waals surface area contributed by atoms with E-state index >= 15 is 0 Å². The quantitative estimate of drug-likeness (QED) is 0.531. The normalized spacial score (nSPS) is 17.2. The van der Waals surface area contributed by atoms with E-state index in [-0.39, 0.29) is 0 Å². The van der Waals surface area contributed by atoms with Gasteiger partial charge in [0.15, 0.2) is 0 Å². The Hall–Kier alpha value is -0.980. The zero-order valence-corrected chi connectivity index (χ0v) is 12.4. The van der Waals surface area contributed by atoms with Gasteiger partial charge in [-0.25, -0.2) is 0 Å². The Bertz CT molecular complexity index is 333. The molecule has 1 heterocycles. The average Bonchev–Trinajstić information content (AvgIpc) is 2.84. The molecule has 0 bridgehead atoms. The van der Waals surface area contributed by atoms with Gasteiger partial charge in [0.25, 0.3) is 0 Å². The Morgan fingerprint density at radius 1 is 0.947 bits per heavy atom. The summed E-state index contributed by atoms with van der Waals surface area (Å²) in [6.07, 6.45) is 13.9. The first-order valence-electron chi connectivity index (χ1n) is 8.14. The van der Waals surface area contributed by atoms with Gasteiger partial charge in [0.2, 0.25) is 0 Å². The van der Waals surface area contributed by atoms with Crippen molar-refractivity contribution in [3.05, 3.63) is 29.8 Å². The van der Waals surface area contributed by atoms with Crippen molar-refractivity contribution in [1.82, 2.24) is 0 Å². The van der Waals surface area contributed by atoms with E-state index < -0.39 is 0 Å². The molecule has 0 saturated carbocycles. The van der Waals surface area contributed by atoms with Crippen LogP contribution in [0.5, 0.6) is 5.75 Å². The van der Waals surface area contributed by atoms with Gasteiger partial charge in [0.1, 0.15) is 11.9 Å². The van der Waals surface area contributed by atoms with E-state index in [0.29, 0.717) is 6.10 Å². The van der Waals surface area contributed by atoms with E-state index in [9.17, 15) is 0 Å². The molecule has 0 aliphatic carbocycles. The lowest BCUT2D eigenvalue weighted by atomic mass is 10.0. The third-order valence-electron chi connectivity index (χ3n) is 4.09. The van der Waals surface area contributed by atoms with Gasteiger partial charge in [-0.15, -0.1) is 0 Å². The smallest absolute Gasteiger partial charge is 0.123 e. The van der Waals surface area contributed by atoms with E-state index in [2.05, 4.69) is 31.2 Å². The van der Waals surface area contributed by atoms with Crippen LogP contribution >= 0.6 is 0 Å². The summed E-state index contributed by atoms with van der Waals surface area (Å²) < 4.78 is 5.97. The third-order valence-corrected chi connectivity index (χ3v) is 4.09. The zero-order valence-electron chi connectivity index (χ0n) is 12.4. The Kier molecular flexibility index (Phi) is 6.26. The van der Waals surface area contributed by atoms with Gasteiger partial charge in [-0.1, -0.05) is 70.1 Å². The Morgan fingerprint density at radius 2 is 1.63 bits per heavy atom. The Balaban J connectivity index is 1.49. The molecular formula is C18H28O. The van der Waals surface area contributed by atoms with Gasteiger partial charge in [0.05, 0.1) is 0 Å². The van der Waals surface area contributed by atoms with Crippen LogP contribution in [0.25, 0.3) is 0 Å². The summed E-state index contributed by atoms with van der Waals surface area (Å²) in [5, 5.41) is 0. The Morgan fingerprint density at radius 3 is 2.37 bits per heavy atom. The molecule has 0 amide bonds. The molecule has 1 aliphatic rings. The lowest BCUT2D eigenvalue weighted by Crippen LogP contribution is -2.12. The van der Waals surface area contributed by atoms with E-state index in [1.54, 1.807) is 0 Å².